The smallest absolute Gasteiger partial charge is 0.341 e. The van der Waals surface area contributed by atoms with Crippen LogP contribution < -0.4 is 4.74 Å². The molecule has 0 radical (unpaired) electrons. The van der Waals surface area contributed by atoms with E-state index in [1.807, 2.05) is 6.07 Å². The van der Waals surface area contributed by atoms with Crippen molar-refractivity contribution in [1.29, 1.82) is 0 Å². The molecule has 2 aliphatic rings. The van der Waals surface area contributed by atoms with Gasteiger partial charge in [0, 0.05) is 27.3 Å². The van der Waals surface area contributed by atoms with E-state index in [9.17, 15) is 9.90 Å². The summed E-state index contributed by atoms with van der Waals surface area (Å²) < 4.78 is 11.3. The third-order valence-electron chi connectivity index (χ3n) is 3.94. The molecule has 3 rings (SSSR count). The van der Waals surface area contributed by atoms with Crippen molar-refractivity contribution in [2.45, 2.75) is 30.6 Å². The SMILES string of the molecule is COC(=O)c1cc(Br)cc2c1O[C@H]1C[C@@H](O)[C@H](N=[N+]=[N-])[C@@H]21. The number of benzene rings is 1. The maximum absolute atomic E-state index is 11.9. The Morgan fingerprint density at radius 2 is 2.38 bits per heavy atom. The Morgan fingerprint density at radius 1 is 1.62 bits per heavy atom. The molecule has 0 aromatic heterocycles. The fourth-order valence-electron chi connectivity index (χ4n) is 3.10. The molecule has 1 aliphatic heterocycles. The average molecular weight is 354 g/mol. The molecular weight excluding hydrogens is 342 g/mol. The van der Waals surface area contributed by atoms with Crippen LogP contribution in [0.2, 0.25) is 0 Å². The number of esters is 1. The molecule has 110 valence electrons. The van der Waals surface area contributed by atoms with E-state index in [2.05, 4.69) is 26.0 Å². The number of ether oxygens (including phenoxy) is 2. The fraction of sp³-hybridized carbons (Fsp3) is 0.462. The molecule has 1 fully saturated rings. The lowest BCUT2D eigenvalue weighted by Gasteiger charge is -2.15. The maximum atomic E-state index is 11.9. The van der Waals surface area contributed by atoms with Gasteiger partial charge >= 0.3 is 5.97 Å². The Hall–Kier alpha value is -1.76. The lowest BCUT2D eigenvalue weighted by Crippen LogP contribution is -2.22. The molecule has 0 spiro atoms. The number of aliphatic hydroxyl groups is 1. The summed E-state index contributed by atoms with van der Waals surface area (Å²) in [7, 11) is 1.30. The highest BCUT2D eigenvalue weighted by atomic mass is 79.9. The van der Waals surface area contributed by atoms with E-state index in [1.54, 1.807) is 6.07 Å². The molecule has 1 aliphatic carbocycles. The molecule has 21 heavy (non-hydrogen) atoms. The van der Waals surface area contributed by atoms with E-state index in [0.717, 1.165) is 5.56 Å². The summed E-state index contributed by atoms with van der Waals surface area (Å²) in [6, 6.07) is 2.86. The minimum atomic E-state index is -0.746. The van der Waals surface area contributed by atoms with Crippen molar-refractivity contribution in [3.05, 3.63) is 38.2 Å². The van der Waals surface area contributed by atoms with Gasteiger partial charge in [-0.3, -0.25) is 0 Å². The molecule has 0 unspecified atom stereocenters. The predicted octanol–water partition coefficient (Wildman–Crippen LogP) is 2.52. The van der Waals surface area contributed by atoms with E-state index in [0.29, 0.717) is 22.2 Å². The summed E-state index contributed by atoms with van der Waals surface area (Å²) in [5.41, 5.74) is 9.75. The summed E-state index contributed by atoms with van der Waals surface area (Å²) in [5.74, 6) is -0.301. The molecule has 1 N–H and O–H groups in total. The first kappa shape index (κ1) is 14.2. The summed E-state index contributed by atoms with van der Waals surface area (Å²) in [6.45, 7) is 0. The summed E-state index contributed by atoms with van der Waals surface area (Å²) >= 11 is 3.36. The molecule has 7 nitrogen and oxygen atoms in total. The zero-order chi connectivity index (χ0) is 15.1. The average Bonchev–Trinajstić information content (AvgIpc) is 2.94. The van der Waals surface area contributed by atoms with Crippen LogP contribution in [0, 0.1) is 0 Å². The monoisotopic (exact) mass is 353 g/mol. The summed E-state index contributed by atoms with van der Waals surface area (Å²) in [5, 5.41) is 13.7. The second kappa shape index (κ2) is 5.22. The molecule has 0 saturated heterocycles. The number of nitrogens with zero attached hydrogens (tertiary/aromatic N) is 3. The molecular formula is C13H12BrN3O4. The van der Waals surface area contributed by atoms with E-state index >= 15 is 0 Å². The maximum Gasteiger partial charge on any atom is 0.341 e. The minimum Gasteiger partial charge on any atom is -0.488 e. The van der Waals surface area contributed by atoms with Crippen LogP contribution >= 0.6 is 15.9 Å². The highest BCUT2D eigenvalue weighted by Gasteiger charge is 2.50. The van der Waals surface area contributed by atoms with E-state index in [1.165, 1.54) is 7.11 Å². The predicted molar refractivity (Wildman–Crippen MR) is 76.2 cm³/mol. The van der Waals surface area contributed by atoms with Crippen molar-refractivity contribution >= 4 is 21.9 Å². The summed E-state index contributed by atoms with van der Waals surface area (Å²) in [4.78, 5) is 14.7. The zero-order valence-corrected chi connectivity index (χ0v) is 12.6. The molecule has 1 saturated carbocycles. The zero-order valence-electron chi connectivity index (χ0n) is 11.1. The first-order chi connectivity index (χ1) is 10.1. The third kappa shape index (κ3) is 2.16. The molecule has 1 aromatic rings. The van der Waals surface area contributed by atoms with Crippen LogP contribution in [0.1, 0.15) is 28.3 Å². The topological polar surface area (TPSA) is 105 Å². The van der Waals surface area contributed by atoms with Gasteiger partial charge in [0.25, 0.3) is 0 Å². The lowest BCUT2D eigenvalue weighted by molar-refractivity contribution is 0.0594. The lowest BCUT2D eigenvalue weighted by atomic mass is 9.93. The third-order valence-corrected chi connectivity index (χ3v) is 4.40. The Kier molecular flexibility index (Phi) is 3.52. The van der Waals surface area contributed by atoms with Crippen molar-refractivity contribution in [2.75, 3.05) is 7.11 Å². The van der Waals surface area contributed by atoms with Gasteiger partial charge in [-0.1, -0.05) is 21.0 Å². The molecule has 1 heterocycles. The number of aliphatic hydroxyl groups excluding tert-OH is 1. The number of fused-ring (bicyclic) bond motifs is 3. The van der Waals surface area contributed by atoms with Gasteiger partial charge in [-0.15, -0.1) is 0 Å². The quantitative estimate of drug-likeness (QED) is 0.381. The van der Waals surface area contributed by atoms with Crippen LogP contribution in [0.4, 0.5) is 0 Å². The Balaban J connectivity index is 2.12. The van der Waals surface area contributed by atoms with E-state index in [4.69, 9.17) is 15.0 Å². The molecule has 0 amide bonds. The number of azide groups is 1. The number of rotatable bonds is 2. The van der Waals surface area contributed by atoms with Gasteiger partial charge in [0.2, 0.25) is 0 Å². The Labute approximate surface area is 128 Å². The second-order valence-corrected chi connectivity index (χ2v) is 5.96. The van der Waals surface area contributed by atoms with Crippen LogP contribution in [0.25, 0.3) is 10.4 Å². The Bertz CT molecular complexity index is 659. The van der Waals surface area contributed by atoms with Crippen LogP contribution in [-0.2, 0) is 4.74 Å². The highest BCUT2D eigenvalue weighted by Crippen LogP contribution is 2.50. The van der Waals surface area contributed by atoms with Gasteiger partial charge in [-0.2, -0.15) is 0 Å². The van der Waals surface area contributed by atoms with Gasteiger partial charge in [0.1, 0.15) is 17.4 Å². The van der Waals surface area contributed by atoms with Crippen LogP contribution in [-0.4, -0.2) is 36.4 Å². The molecule has 1 aromatic carbocycles. The number of halogens is 1. The van der Waals surface area contributed by atoms with Gasteiger partial charge < -0.3 is 14.6 Å². The highest BCUT2D eigenvalue weighted by molar-refractivity contribution is 9.10. The summed E-state index contributed by atoms with van der Waals surface area (Å²) in [6.07, 6.45) is -0.686. The van der Waals surface area contributed by atoms with Gasteiger partial charge in [-0.05, 0) is 17.7 Å². The molecule has 8 heteroatoms. The molecule has 0 bridgehead atoms. The van der Waals surface area contributed by atoms with Crippen molar-refractivity contribution in [2.24, 2.45) is 5.11 Å². The van der Waals surface area contributed by atoms with Crippen molar-refractivity contribution < 1.29 is 19.4 Å². The van der Waals surface area contributed by atoms with Crippen LogP contribution in [0.3, 0.4) is 0 Å². The number of carbonyl (C=O) groups excluding carboxylic acids is 1. The van der Waals surface area contributed by atoms with Gasteiger partial charge in [0.05, 0.1) is 19.3 Å². The standard InChI is InChI=1S/C13H12BrN3O4/c1-20-13(19)7-3-5(14)2-6-10-9(21-12(6)7)4-8(18)11(10)16-17-15/h2-3,8-11,18H,4H2,1H3/t8-,9+,10+,11+/m1/s1. The second-order valence-electron chi connectivity index (χ2n) is 5.04. The Morgan fingerprint density at radius 3 is 3.05 bits per heavy atom. The number of hydrogen-bond acceptors (Lipinski definition) is 5. The van der Waals surface area contributed by atoms with Crippen LogP contribution in [0.5, 0.6) is 5.75 Å². The number of hydrogen-bond donors (Lipinski definition) is 1. The van der Waals surface area contributed by atoms with Crippen molar-refractivity contribution in [3.63, 3.8) is 0 Å². The van der Waals surface area contributed by atoms with Crippen LogP contribution in [0.15, 0.2) is 21.7 Å². The van der Waals surface area contributed by atoms with Crippen molar-refractivity contribution in [3.8, 4) is 5.75 Å². The molecule has 4 atom stereocenters. The number of carbonyl (C=O) groups is 1. The van der Waals surface area contributed by atoms with E-state index < -0.39 is 18.1 Å². The van der Waals surface area contributed by atoms with E-state index in [-0.39, 0.29) is 12.0 Å². The van der Waals surface area contributed by atoms with Gasteiger partial charge in [0.15, 0.2) is 0 Å². The number of methoxy groups -OCH3 is 1. The first-order valence-electron chi connectivity index (χ1n) is 6.37. The minimum absolute atomic E-state index is 0.258. The normalized spacial score (nSPS) is 29.1. The first-order valence-corrected chi connectivity index (χ1v) is 7.16. The fourth-order valence-corrected chi connectivity index (χ4v) is 3.58. The van der Waals surface area contributed by atoms with Crippen molar-refractivity contribution in [1.82, 2.24) is 0 Å². The largest absolute Gasteiger partial charge is 0.488 e. The van der Waals surface area contributed by atoms with Gasteiger partial charge in [-0.25, -0.2) is 4.79 Å².